The Morgan fingerprint density at radius 2 is 0.467 bits per heavy atom. The molecular formula is C140H89N7O3. The van der Waals surface area contributed by atoms with E-state index in [2.05, 4.69) is 527 Å². The molecule has 33 rings (SSSR count). The van der Waals surface area contributed by atoms with Crippen LogP contribution in [0.2, 0.25) is 0 Å². The van der Waals surface area contributed by atoms with Gasteiger partial charge in [0.25, 0.3) is 0 Å². The van der Waals surface area contributed by atoms with Crippen LogP contribution in [0.5, 0.6) is 0 Å². The Hall–Kier alpha value is -19.8. The van der Waals surface area contributed by atoms with Gasteiger partial charge >= 0.3 is 0 Å². The van der Waals surface area contributed by atoms with Crippen LogP contribution in [0.25, 0.3) is 287 Å². The monoisotopic (exact) mass is 1920 g/mol. The highest BCUT2D eigenvalue weighted by molar-refractivity contribution is 6.29. The number of furan rings is 3. The second-order valence-corrected chi connectivity index (χ2v) is 40.3. The first-order chi connectivity index (χ1) is 74.2. The maximum absolute atomic E-state index is 6.89. The van der Waals surface area contributed by atoms with Crippen molar-refractivity contribution in [3.05, 3.63) is 515 Å². The van der Waals surface area contributed by atoms with Gasteiger partial charge in [-0.15, -0.1) is 0 Å². The summed E-state index contributed by atoms with van der Waals surface area (Å²) in [6.45, 7) is 4.71. The molecule has 10 heteroatoms. The second-order valence-electron chi connectivity index (χ2n) is 40.3. The zero-order valence-corrected chi connectivity index (χ0v) is 81.8. The van der Waals surface area contributed by atoms with Crippen molar-refractivity contribution in [3.63, 3.8) is 0 Å². The van der Waals surface area contributed by atoms with Crippen molar-refractivity contribution in [2.75, 3.05) is 0 Å². The minimum Gasteiger partial charge on any atom is -0.454 e. The molecule has 0 bridgehead atoms. The fourth-order valence-corrected chi connectivity index (χ4v) is 24.9. The largest absolute Gasteiger partial charge is 0.454 e. The Bertz CT molecular complexity index is 11200. The SMILES string of the molecule is CC1(C)c2ccccc2-c2ccc(-n3c4ccccc4c4cc5c6ccc7c8ccccc8oc7c6n(-c6ccccc6)c5cc43)cc21.c1ccc(-c2cccc(-c3ccc(-n4c5ccccc5c5cc6c7ccc8c9ccccc9oc8c7n(-c7ccccc7)c6cc54)cc3)n2)cc1.c1ccc(-c2cccc(-n3c4ccccc4c4cc5c6ccc7c8ccc(-c9ccccc9)cc8oc7c6n(-c6ccccc6)c5cc43)c2)cc1. The van der Waals surface area contributed by atoms with Crippen molar-refractivity contribution >= 4 is 197 Å². The molecule has 0 N–H and O–H groups in total. The highest BCUT2D eigenvalue weighted by atomic mass is 16.3. The van der Waals surface area contributed by atoms with Crippen molar-refractivity contribution in [2.45, 2.75) is 19.3 Å². The number of aromatic nitrogens is 7. The topological polar surface area (TPSA) is 81.9 Å². The molecule has 0 atom stereocenters. The molecular weight excluding hydrogens is 1830 g/mol. The van der Waals surface area contributed by atoms with E-state index < -0.39 is 0 Å². The number of rotatable bonds is 10. The molecule has 0 saturated carbocycles. The summed E-state index contributed by atoms with van der Waals surface area (Å²) in [5.41, 5.74) is 40.2. The highest BCUT2D eigenvalue weighted by Gasteiger charge is 2.37. The summed E-state index contributed by atoms with van der Waals surface area (Å²) in [6, 6.07) is 181. The molecule has 702 valence electrons. The van der Waals surface area contributed by atoms with Gasteiger partial charge in [0.15, 0.2) is 16.7 Å². The standard InChI is InChI=1S/C48H30N2O.C47H29N3O.C45H30N2O/c1-4-13-31(14-5-1)33-17-12-20-36(27-33)49-43-22-11-10-21-37(43)41-29-42-39-25-26-40-38-24-23-34(32-15-6-2-7-16-32)28-46(38)51-48(40)47(39)50(45(42)30-44(41)49)35-18-8-3-9-19-35;1-3-12-30(13-4-1)40-18-11-19-41(48-40)31-22-24-33(25-23-31)49-42-20-9-7-16-34(42)38-28-39-36-26-27-37-35-17-8-10-21-45(35)51-47(37)46(36)50(44(39)29-43(38)49)32-14-5-2-6-15-32;1-45(2)37-17-9-6-14-29(37)30-21-20-28(24-38(30)45)46-39-18-10-7-15-31(39)35-25-36-33-22-23-34-32-16-8-11-19-42(32)48-44(34)43(33)47(41(36)26-40(35)46)27-12-4-3-5-13-27/h1-30H;1-29H;3-26H,1-2H3. The molecule has 0 amide bonds. The van der Waals surface area contributed by atoms with Crippen molar-refractivity contribution in [2.24, 2.45) is 0 Å². The Morgan fingerprint density at radius 1 is 0.167 bits per heavy atom. The van der Waals surface area contributed by atoms with E-state index in [0.29, 0.717) is 0 Å². The van der Waals surface area contributed by atoms with E-state index >= 15 is 0 Å². The normalized spacial score (nSPS) is 12.5. The molecule has 10 heterocycles. The quantitative estimate of drug-likeness (QED) is 0.137. The van der Waals surface area contributed by atoms with Crippen molar-refractivity contribution in [3.8, 4) is 90.0 Å². The molecule has 1 aliphatic rings. The smallest absolute Gasteiger partial charge is 0.160 e. The number of hydrogen-bond acceptors (Lipinski definition) is 4. The predicted molar refractivity (Wildman–Crippen MR) is 624 cm³/mol. The zero-order chi connectivity index (χ0) is 98.7. The van der Waals surface area contributed by atoms with E-state index in [9.17, 15) is 0 Å². The minimum atomic E-state index is -0.0777. The molecule has 22 aromatic carbocycles. The molecule has 0 fully saturated rings. The van der Waals surface area contributed by atoms with Gasteiger partial charge in [0, 0.05) is 148 Å². The number of para-hydroxylation sites is 8. The lowest BCUT2D eigenvalue weighted by Crippen LogP contribution is -2.15. The van der Waals surface area contributed by atoms with Gasteiger partial charge in [0.1, 0.15) is 16.7 Å². The molecule has 0 saturated heterocycles. The summed E-state index contributed by atoms with van der Waals surface area (Å²) in [5, 5.41) is 21.4. The third-order valence-electron chi connectivity index (χ3n) is 31.7. The maximum atomic E-state index is 6.89. The molecule has 150 heavy (non-hydrogen) atoms. The van der Waals surface area contributed by atoms with Gasteiger partial charge in [0.05, 0.1) is 77.6 Å². The average molecular weight is 1920 g/mol. The first kappa shape index (κ1) is 84.7. The van der Waals surface area contributed by atoms with Gasteiger partial charge in [-0.05, 0) is 226 Å². The number of hydrogen-bond donors (Lipinski definition) is 0. The van der Waals surface area contributed by atoms with Crippen LogP contribution in [0, 0.1) is 0 Å². The van der Waals surface area contributed by atoms with E-state index in [1.54, 1.807) is 0 Å². The molecule has 32 aromatic rings. The van der Waals surface area contributed by atoms with Gasteiger partial charge in [-0.1, -0.05) is 335 Å². The third kappa shape index (κ3) is 12.9. The van der Waals surface area contributed by atoms with E-state index in [1.165, 1.54) is 137 Å². The first-order valence-electron chi connectivity index (χ1n) is 51.4. The lowest BCUT2D eigenvalue weighted by molar-refractivity contribution is 0.660. The third-order valence-corrected chi connectivity index (χ3v) is 31.7. The van der Waals surface area contributed by atoms with Crippen molar-refractivity contribution in [1.82, 2.24) is 32.4 Å². The fraction of sp³-hybridized carbons (Fsp3) is 0.0214. The molecule has 0 aliphatic heterocycles. The van der Waals surface area contributed by atoms with Gasteiger partial charge < -0.3 is 40.7 Å². The molecule has 10 aromatic heterocycles. The van der Waals surface area contributed by atoms with Crippen LogP contribution >= 0.6 is 0 Å². The second kappa shape index (κ2) is 33.1. The molecule has 0 unspecified atom stereocenters. The molecule has 0 spiro atoms. The first-order valence-corrected chi connectivity index (χ1v) is 51.4. The lowest BCUT2D eigenvalue weighted by atomic mass is 9.82. The zero-order valence-electron chi connectivity index (χ0n) is 81.8. The van der Waals surface area contributed by atoms with E-state index in [4.69, 9.17) is 18.2 Å². The Balaban J connectivity index is 0.000000101. The molecule has 0 radical (unpaired) electrons. The fourth-order valence-electron chi connectivity index (χ4n) is 24.9. The summed E-state index contributed by atoms with van der Waals surface area (Å²) in [4.78, 5) is 5.02. The van der Waals surface area contributed by atoms with Crippen LogP contribution in [-0.4, -0.2) is 32.4 Å². The van der Waals surface area contributed by atoms with E-state index in [-0.39, 0.29) is 5.41 Å². The van der Waals surface area contributed by atoms with Crippen molar-refractivity contribution in [1.29, 1.82) is 0 Å². The summed E-state index contributed by atoms with van der Waals surface area (Å²) < 4.78 is 34.7. The summed E-state index contributed by atoms with van der Waals surface area (Å²) in [5.74, 6) is 0. The van der Waals surface area contributed by atoms with Crippen LogP contribution < -0.4 is 0 Å². The van der Waals surface area contributed by atoms with Crippen LogP contribution in [0.3, 0.4) is 0 Å². The predicted octanol–water partition coefficient (Wildman–Crippen LogP) is 37.7. The van der Waals surface area contributed by atoms with Gasteiger partial charge in [-0.2, -0.15) is 0 Å². The molecule has 10 nitrogen and oxygen atoms in total. The Labute approximate surface area is 860 Å². The summed E-state index contributed by atoms with van der Waals surface area (Å²) >= 11 is 0. The summed E-state index contributed by atoms with van der Waals surface area (Å²) in [7, 11) is 0. The molecule has 1 aliphatic carbocycles. The summed E-state index contributed by atoms with van der Waals surface area (Å²) in [6.07, 6.45) is 0. The van der Waals surface area contributed by atoms with Crippen LogP contribution in [0.15, 0.2) is 517 Å². The highest BCUT2D eigenvalue weighted by Crippen LogP contribution is 2.53. The van der Waals surface area contributed by atoms with Gasteiger partial charge in [0.2, 0.25) is 0 Å². The Morgan fingerprint density at radius 3 is 0.933 bits per heavy atom. The average Bonchev–Trinajstić information content (AvgIpc) is 1.55. The maximum Gasteiger partial charge on any atom is 0.160 e. The number of pyridine rings is 1. The van der Waals surface area contributed by atoms with Crippen molar-refractivity contribution < 1.29 is 13.3 Å². The van der Waals surface area contributed by atoms with Crippen LogP contribution in [0.1, 0.15) is 25.0 Å². The van der Waals surface area contributed by atoms with Crippen LogP contribution in [-0.2, 0) is 5.41 Å². The van der Waals surface area contributed by atoms with Crippen LogP contribution in [0.4, 0.5) is 0 Å². The van der Waals surface area contributed by atoms with Gasteiger partial charge in [-0.25, -0.2) is 4.98 Å². The minimum absolute atomic E-state index is 0.0777. The number of benzene rings is 22. The lowest BCUT2D eigenvalue weighted by Gasteiger charge is -2.22. The van der Waals surface area contributed by atoms with Gasteiger partial charge in [-0.3, -0.25) is 0 Å². The Kier molecular flexibility index (Phi) is 18.7. The number of fused-ring (bicyclic) bond motifs is 33. The van der Waals surface area contributed by atoms with E-state index in [0.717, 1.165) is 161 Å². The van der Waals surface area contributed by atoms with E-state index in [1.807, 2.05) is 18.2 Å². The number of nitrogens with zero attached hydrogens (tertiary/aromatic N) is 7.